The van der Waals surface area contributed by atoms with E-state index < -0.39 is 35.3 Å². The quantitative estimate of drug-likeness (QED) is 0.723. The number of carbonyl (C=O) groups is 3. The Labute approximate surface area is 183 Å². The van der Waals surface area contributed by atoms with Crippen LogP contribution in [0.15, 0.2) is 53.6 Å². The third kappa shape index (κ3) is 4.23. The van der Waals surface area contributed by atoms with Crippen molar-refractivity contribution in [1.82, 2.24) is 4.90 Å². The first-order valence-electron chi connectivity index (χ1n) is 10.3. The topological polar surface area (TPSA) is 96.1 Å². The molecule has 32 heavy (non-hydrogen) atoms. The number of benzene rings is 2. The van der Waals surface area contributed by atoms with E-state index in [2.05, 4.69) is 5.10 Å². The average Bonchev–Trinajstić information content (AvgIpc) is 3.26. The third-order valence-electron chi connectivity index (χ3n) is 5.85. The third-order valence-corrected chi connectivity index (χ3v) is 5.85. The Balaban J connectivity index is 1.43. The Bertz CT molecular complexity index is 1080. The van der Waals surface area contributed by atoms with Crippen LogP contribution in [-0.2, 0) is 9.59 Å². The minimum Gasteiger partial charge on any atom is -0.368 e. The van der Waals surface area contributed by atoms with E-state index in [1.165, 1.54) is 5.01 Å². The van der Waals surface area contributed by atoms with Gasteiger partial charge in [-0.3, -0.25) is 19.4 Å². The Kier molecular flexibility index (Phi) is 5.98. The number of Topliss-reactive ketones (excluding diaryl/α,β-unsaturated/α-hetero) is 1. The summed E-state index contributed by atoms with van der Waals surface area (Å²) in [5.74, 6) is -3.29. The van der Waals surface area contributed by atoms with Crippen LogP contribution in [-0.4, -0.2) is 47.3 Å². The smallest absolute Gasteiger partial charge is 0.270 e. The second-order valence-corrected chi connectivity index (χ2v) is 7.90. The molecule has 2 amide bonds. The number of carbonyl (C=O) groups excluding carboxylic acids is 3. The first-order chi connectivity index (χ1) is 15.3. The monoisotopic (exact) mass is 440 g/mol. The number of anilines is 1. The van der Waals surface area contributed by atoms with Gasteiger partial charge in [-0.05, 0) is 43.2 Å². The molecule has 1 saturated heterocycles. The molecule has 2 heterocycles. The highest BCUT2D eigenvalue weighted by atomic mass is 19.1. The van der Waals surface area contributed by atoms with Crippen LogP contribution < -0.4 is 10.7 Å². The highest BCUT2D eigenvalue weighted by molar-refractivity contribution is 6.40. The van der Waals surface area contributed by atoms with Gasteiger partial charge in [-0.15, -0.1) is 0 Å². The zero-order chi connectivity index (χ0) is 22.8. The molecule has 2 aliphatic heterocycles. The Morgan fingerprint density at radius 2 is 1.69 bits per heavy atom. The predicted octanol–water partition coefficient (Wildman–Crippen LogP) is 2.51. The number of primary amides is 1. The van der Waals surface area contributed by atoms with Gasteiger partial charge in [-0.25, -0.2) is 8.78 Å². The number of hydrazone groups is 1. The zero-order valence-electron chi connectivity index (χ0n) is 17.2. The van der Waals surface area contributed by atoms with E-state index in [0.29, 0.717) is 18.5 Å². The molecule has 0 saturated carbocycles. The van der Waals surface area contributed by atoms with Gasteiger partial charge in [0, 0.05) is 25.4 Å². The predicted molar refractivity (Wildman–Crippen MR) is 114 cm³/mol. The number of piperidine rings is 1. The standard InChI is InChI=1S/C23H22F2N4O3/c24-15-6-7-18(25)17(12-15)21(30)14-8-10-28(11-9-14)23(32)19-13-20(22(26)31)29(27-19)16-4-2-1-3-5-16/h1-7,12,14,20H,8-11,13H2,(H2,26,31). The molecule has 1 atom stereocenters. The molecule has 9 heteroatoms. The average molecular weight is 440 g/mol. The van der Waals surface area contributed by atoms with Crippen molar-refractivity contribution in [3.05, 3.63) is 65.7 Å². The van der Waals surface area contributed by atoms with Crippen molar-refractivity contribution in [3.63, 3.8) is 0 Å². The first-order valence-corrected chi connectivity index (χ1v) is 10.3. The van der Waals surface area contributed by atoms with E-state index >= 15 is 0 Å². The fourth-order valence-electron chi connectivity index (χ4n) is 4.11. The zero-order valence-corrected chi connectivity index (χ0v) is 17.2. The van der Waals surface area contributed by atoms with Gasteiger partial charge < -0.3 is 10.6 Å². The van der Waals surface area contributed by atoms with E-state index in [-0.39, 0.29) is 36.7 Å². The Morgan fingerprint density at radius 1 is 1.00 bits per heavy atom. The molecule has 0 aromatic heterocycles. The van der Waals surface area contributed by atoms with Crippen molar-refractivity contribution in [2.24, 2.45) is 16.8 Å². The van der Waals surface area contributed by atoms with E-state index in [9.17, 15) is 23.2 Å². The summed E-state index contributed by atoms with van der Waals surface area (Å²) in [5.41, 5.74) is 6.13. The van der Waals surface area contributed by atoms with Crippen molar-refractivity contribution < 1.29 is 23.2 Å². The molecule has 166 valence electrons. The largest absolute Gasteiger partial charge is 0.368 e. The van der Waals surface area contributed by atoms with E-state index in [0.717, 1.165) is 18.2 Å². The fraction of sp³-hybridized carbons (Fsp3) is 0.304. The molecule has 0 aliphatic carbocycles. The van der Waals surface area contributed by atoms with Crippen LogP contribution in [0.25, 0.3) is 0 Å². The molecule has 7 nitrogen and oxygen atoms in total. The molecular weight excluding hydrogens is 418 g/mol. The number of nitrogens with zero attached hydrogens (tertiary/aromatic N) is 3. The van der Waals surface area contributed by atoms with Crippen LogP contribution >= 0.6 is 0 Å². The van der Waals surface area contributed by atoms with Crippen LogP contribution in [0.5, 0.6) is 0 Å². The summed E-state index contributed by atoms with van der Waals surface area (Å²) in [5, 5.41) is 5.82. The minimum atomic E-state index is -0.758. The number of rotatable bonds is 5. The van der Waals surface area contributed by atoms with Gasteiger partial charge in [-0.2, -0.15) is 5.10 Å². The highest BCUT2D eigenvalue weighted by Gasteiger charge is 2.38. The second kappa shape index (κ2) is 8.86. The summed E-state index contributed by atoms with van der Waals surface area (Å²) in [6.07, 6.45) is 0.751. The Morgan fingerprint density at radius 3 is 2.34 bits per heavy atom. The molecule has 2 aliphatic rings. The fourth-order valence-corrected chi connectivity index (χ4v) is 4.11. The normalized spacial score (nSPS) is 19.1. The van der Waals surface area contributed by atoms with Gasteiger partial charge in [0.2, 0.25) is 5.91 Å². The second-order valence-electron chi connectivity index (χ2n) is 7.90. The van der Waals surface area contributed by atoms with E-state index in [1.54, 1.807) is 29.2 Å². The summed E-state index contributed by atoms with van der Waals surface area (Å²) in [7, 11) is 0. The molecule has 0 bridgehead atoms. The van der Waals surface area contributed by atoms with Crippen LogP contribution in [0.3, 0.4) is 0 Å². The maximum absolute atomic E-state index is 14.0. The Hall–Kier alpha value is -3.62. The molecule has 4 rings (SSSR count). The first kappa shape index (κ1) is 21.6. The summed E-state index contributed by atoms with van der Waals surface area (Å²) in [6, 6.07) is 11.0. The molecule has 2 aromatic rings. The van der Waals surface area contributed by atoms with Crippen molar-refractivity contribution in [2.45, 2.75) is 25.3 Å². The molecule has 1 fully saturated rings. The van der Waals surface area contributed by atoms with Gasteiger partial charge in [0.1, 0.15) is 23.4 Å². The van der Waals surface area contributed by atoms with Crippen LogP contribution in [0, 0.1) is 17.6 Å². The highest BCUT2D eigenvalue weighted by Crippen LogP contribution is 2.27. The van der Waals surface area contributed by atoms with Gasteiger partial charge in [-0.1, -0.05) is 18.2 Å². The lowest BCUT2D eigenvalue weighted by Gasteiger charge is -2.31. The summed E-state index contributed by atoms with van der Waals surface area (Å²) in [4.78, 5) is 39.1. The number of ketones is 1. The molecular formula is C23H22F2N4O3. The van der Waals surface area contributed by atoms with Crippen LogP contribution in [0.1, 0.15) is 29.6 Å². The lowest BCUT2D eigenvalue weighted by molar-refractivity contribution is -0.125. The number of likely N-dealkylation sites (tertiary alicyclic amines) is 1. The maximum Gasteiger partial charge on any atom is 0.270 e. The number of amides is 2. The lowest BCUT2D eigenvalue weighted by atomic mass is 9.88. The van der Waals surface area contributed by atoms with E-state index in [4.69, 9.17) is 5.73 Å². The van der Waals surface area contributed by atoms with Crippen molar-refractivity contribution in [3.8, 4) is 0 Å². The number of nitrogens with two attached hydrogens (primary N) is 1. The summed E-state index contributed by atoms with van der Waals surface area (Å²) >= 11 is 0. The van der Waals surface area contributed by atoms with Gasteiger partial charge in [0.05, 0.1) is 11.3 Å². The van der Waals surface area contributed by atoms with Gasteiger partial charge in [0.25, 0.3) is 5.91 Å². The minimum absolute atomic E-state index is 0.0937. The molecule has 2 N–H and O–H groups in total. The maximum atomic E-state index is 14.0. The number of hydrogen-bond donors (Lipinski definition) is 1. The van der Waals surface area contributed by atoms with E-state index in [1.807, 2.05) is 6.07 Å². The van der Waals surface area contributed by atoms with Crippen molar-refractivity contribution in [1.29, 1.82) is 0 Å². The number of hydrogen-bond acceptors (Lipinski definition) is 5. The van der Waals surface area contributed by atoms with Gasteiger partial charge in [0.15, 0.2) is 5.78 Å². The SMILES string of the molecule is NC(=O)C1CC(C(=O)N2CCC(C(=O)c3cc(F)ccc3F)CC2)=NN1c1ccccc1. The van der Waals surface area contributed by atoms with Crippen LogP contribution in [0.4, 0.5) is 14.5 Å². The number of para-hydroxylation sites is 1. The van der Waals surface area contributed by atoms with Crippen molar-refractivity contribution >= 4 is 29.0 Å². The molecule has 0 spiro atoms. The summed E-state index contributed by atoms with van der Waals surface area (Å²) < 4.78 is 27.4. The lowest BCUT2D eigenvalue weighted by Crippen LogP contribution is -2.44. The molecule has 1 unspecified atom stereocenters. The molecule has 0 radical (unpaired) electrons. The van der Waals surface area contributed by atoms with Crippen molar-refractivity contribution in [2.75, 3.05) is 18.1 Å². The summed E-state index contributed by atoms with van der Waals surface area (Å²) in [6.45, 7) is 0.551. The van der Waals surface area contributed by atoms with Crippen LogP contribution in [0.2, 0.25) is 0 Å². The van der Waals surface area contributed by atoms with Gasteiger partial charge >= 0.3 is 0 Å². The molecule has 2 aromatic carbocycles. The number of halogens is 2.